The summed E-state index contributed by atoms with van der Waals surface area (Å²) in [5.74, 6) is 0.147. The number of rotatable bonds is 5. The van der Waals surface area contributed by atoms with Gasteiger partial charge in [0.2, 0.25) is 5.91 Å². The Balaban J connectivity index is 2.24. The van der Waals surface area contributed by atoms with E-state index in [1.165, 1.54) is 23.9 Å². The first-order chi connectivity index (χ1) is 13.3. The van der Waals surface area contributed by atoms with Gasteiger partial charge in [-0.3, -0.25) is 14.2 Å². The number of hydrogen-bond donors (Lipinski definition) is 2. The fourth-order valence-corrected chi connectivity index (χ4v) is 2.97. The number of carbonyl (C=O) groups excluding carboxylic acids is 1. The minimum Gasteiger partial charge on any atom is -0.506 e. The minimum absolute atomic E-state index is 0.0820. The first kappa shape index (κ1) is 19.6. The molecule has 0 fully saturated rings. The molecule has 2 heterocycles. The van der Waals surface area contributed by atoms with E-state index in [1.54, 1.807) is 18.2 Å². The molecule has 0 atom stereocenters. The van der Waals surface area contributed by atoms with Crippen LogP contribution in [-0.4, -0.2) is 38.7 Å². The predicted molar refractivity (Wildman–Crippen MR) is 106 cm³/mol. The van der Waals surface area contributed by atoms with Gasteiger partial charge in [-0.2, -0.15) is 0 Å². The van der Waals surface area contributed by atoms with Crippen LogP contribution in [0.1, 0.15) is 13.8 Å². The topological polar surface area (TPSA) is 106 Å². The number of halogens is 1. The Morgan fingerprint density at radius 2 is 2.11 bits per heavy atom. The number of nitrogens with one attached hydrogen (secondary N) is 1. The molecule has 0 spiro atoms. The van der Waals surface area contributed by atoms with Gasteiger partial charge in [0.1, 0.15) is 23.9 Å². The maximum absolute atomic E-state index is 13.1. The highest BCUT2D eigenvalue weighted by molar-refractivity contribution is 6.32. The maximum atomic E-state index is 13.1. The zero-order valence-electron chi connectivity index (χ0n) is 15.6. The van der Waals surface area contributed by atoms with Gasteiger partial charge in [-0.1, -0.05) is 11.6 Å². The van der Waals surface area contributed by atoms with Gasteiger partial charge in [0.25, 0.3) is 5.56 Å². The van der Waals surface area contributed by atoms with Crippen LogP contribution < -0.4 is 15.6 Å². The van der Waals surface area contributed by atoms with Crippen molar-refractivity contribution in [1.82, 2.24) is 19.9 Å². The van der Waals surface area contributed by atoms with Crippen LogP contribution in [0.3, 0.4) is 0 Å². The van der Waals surface area contributed by atoms with E-state index in [0.29, 0.717) is 16.3 Å². The van der Waals surface area contributed by atoms with E-state index < -0.39 is 5.56 Å². The molecule has 0 bridgehead atoms. The van der Waals surface area contributed by atoms with E-state index in [9.17, 15) is 14.7 Å². The van der Waals surface area contributed by atoms with Crippen molar-refractivity contribution >= 4 is 28.5 Å². The van der Waals surface area contributed by atoms with Crippen molar-refractivity contribution in [2.75, 3.05) is 7.11 Å². The summed E-state index contributed by atoms with van der Waals surface area (Å²) in [6, 6.07) is 6.12. The van der Waals surface area contributed by atoms with Crippen LogP contribution in [-0.2, 0) is 11.3 Å². The zero-order valence-corrected chi connectivity index (χ0v) is 16.3. The third-order valence-electron chi connectivity index (χ3n) is 3.96. The summed E-state index contributed by atoms with van der Waals surface area (Å²) in [4.78, 5) is 33.9. The van der Waals surface area contributed by atoms with Gasteiger partial charge in [-0.15, -0.1) is 0 Å². The highest BCUT2D eigenvalue weighted by atomic mass is 35.5. The summed E-state index contributed by atoms with van der Waals surface area (Å²) in [5.41, 5.74) is 0.205. The fraction of sp³-hybridized carbons (Fsp3) is 0.263. The van der Waals surface area contributed by atoms with Gasteiger partial charge in [0.05, 0.1) is 23.7 Å². The molecular formula is C19H19ClN4O4. The third-order valence-corrected chi connectivity index (χ3v) is 4.27. The van der Waals surface area contributed by atoms with E-state index in [4.69, 9.17) is 16.3 Å². The summed E-state index contributed by atoms with van der Waals surface area (Å²) in [6.45, 7) is 3.41. The summed E-state index contributed by atoms with van der Waals surface area (Å²) < 4.78 is 6.48. The second kappa shape index (κ2) is 7.85. The van der Waals surface area contributed by atoms with Crippen LogP contribution in [0.2, 0.25) is 5.02 Å². The Labute approximate surface area is 165 Å². The second-order valence-electron chi connectivity index (χ2n) is 6.46. The average molecular weight is 403 g/mol. The number of nitrogens with zero attached hydrogens (tertiary/aromatic N) is 3. The lowest BCUT2D eigenvalue weighted by Gasteiger charge is -2.15. The molecule has 0 saturated carbocycles. The number of hydrogen-bond acceptors (Lipinski definition) is 6. The smallest absolute Gasteiger partial charge is 0.263 e. The highest BCUT2D eigenvalue weighted by Gasteiger charge is 2.18. The van der Waals surface area contributed by atoms with Crippen molar-refractivity contribution in [3.05, 3.63) is 45.8 Å². The molecule has 2 N–H and O–H groups in total. The van der Waals surface area contributed by atoms with Gasteiger partial charge in [-0.25, -0.2) is 9.97 Å². The molecule has 8 nitrogen and oxygen atoms in total. The molecule has 3 aromatic rings. The molecule has 146 valence electrons. The number of amides is 1. The summed E-state index contributed by atoms with van der Waals surface area (Å²) in [7, 11) is 1.48. The molecule has 0 radical (unpaired) electrons. The number of ether oxygens (including phenoxy) is 1. The Morgan fingerprint density at radius 1 is 1.36 bits per heavy atom. The molecule has 0 aliphatic carbocycles. The number of benzene rings is 1. The number of fused-ring (bicyclic) bond motifs is 1. The van der Waals surface area contributed by atoms with Gasteiger partial charge < -0.3 is 15.2 Å². The Bertz CT molecular complexity index is 1110. The van der Waals surface area contributed by atoms with Crippen LogP contribution in [0.4, 0.5) is 0 Å². The first-order valence-corrected chi connectivity index (χ1v) is 8.90. The number of aromatic nitrogens is 3. The van der Waals surface area contributed by atoms with Crippen molar-refractivity contribution in [3.8, 4) is 22.9 Å². The van der Waals surface area contributed by atoms with Crippen LogP contribution >= 0.6 is 11.6 Å². The highest BCUT2D eigenvalue weighted by Crippen LogP contribution is 2.30. The fourth-order valence-electron chi connectivity index (χ4n) is 2.77. The SMILES string of the molecule is COc1cc(-c2nc3ncc(O)cc3c(=O)n2CC(=O)NC(C)C)ccc1Cl. The molecule has 28 heavy (non-hydrogen) atoms. The molecular weight excluding hydrogens is 384 g/mol. The molecule has 0 saturated heterocycles. The monoisotopic (exact) mass is 402 g/mol. The standard InChI is InChI=1S/C19H19ClN4O4/c1-10(2)22-16(26)9-24-18(11-4-5-14(20)15(6-11)28-3)23-17-13(19(24)27)7-12(25)8-21-17/h4-8,10,25H,9H2,1-3H3,(H,22,26). The largest absolute Gasteiger partial charge is 0.506 e. The summed E-state index contributed by atoms with van der Waals surface area (Å²) >= 11 is 6.09. The molecule has 1 amide bonds. The average Bonchev–Trinajstić information content (AvgIpc) is 2.64. The Hall–Kier alpha value is -3.13. The maximum Gasteiger partial charge on any atom is 0.263 e. The van der Waals surface area contributed by atoms with E-state index in [0.717, 1.165) is 0 Å². The van der Waals surface area contributed by atoms with Crippen molar-refractivity contribution in [2.45, 2.75) is 26.4 Å². The first-order valence-electron chi connectivity index (χ1n) is 8.53. The van der Waals surface area contributed by atoms with E-state index in [1.807, 2.05) is 13.8 Å². The van der Waals surface area contributed by atoms with Crippen molar-refractivity contribution in [1.29, 1.82) is 0 Å². The summed E-state index contributed by atoms with van der Waals surface area (Å²) in [6.07, 6.45) is 1.21. The Morgan fingerprint density at radius 3 is 2.79 bits per heavy atom. The minimum atomic E-state index is -0.490. The molecule has 3 rings (SSSR count). The lowest BCUT2D eigenvalue weighted by Crippen LogP contribution is -2.37. The molecule has 0 aliphatic rings. The molecule has 2 aromatic heterocycles. The lowest BCUT2D eigenvalue weighted by atomic mass is 10.2. The van der Waals surface area contributed by atoms with E-state index in [2.05, 4.69) is 15.3 Å². The zero-order chi connectivity index (χ0) is 20.4. The Kier molecular flexibility index (Phi) is 5.51. The number of carbonyl (C=O) groups is 1. The molecule has 9 heteroatoms. The number of pyridine rings is 1. The lowest BCUT2D eigenvalue weighted by molar-refractivity contribution is -0.122. The van der Waals surface area contributed by atoms with Crippen LogP contribution in [0.15, 0.2) is 35.3 Å². The van der Waals surface area contributed by atoms with Crippen molar-refractivity contribution < 1.29 is 14.6 Å². The van der Waals surface area contributed by atoms with Gasteiger partial charge in [0.15, 0.2) is 5.65 Å². The van der Waals surface area contributed by atoms with Crippen LogP contribution in [0, 0.1) is 0 Å². The second-order valence-corrected chi connectivity index (χ2v) is 6.87. The normalized spacial score (nSPS) is 11.0. The van der Waals surface area contributed by atoms with Crippen LogP contribution in [0.25, 0.3) is 22.4 Å². The number of methoxy groups -OCH3 is 1. The number of aromatic hydroxyl groups is 1. The third kappa shape index (κ3) is 3.91. The quantitative estimate of drug-likeness (QED) is 0.678. The predicted octanol–water partition coefficient (Wildman–Crippen LogP) is 2.35. The summed E-state index contributed by atoms with van der Waals surface area (Å²) in [5, 5.41) is 13.0. The van der Waals surface area contributed by atoms with Crippen LogP contribution in [0.5, 0.6) is 11.5 Å². The molecule has 0 aliphatic heterocycles. The van der Waals surface area contributed by atoms with Crippen molar-refractivity contribution in [2.24, 2.45) is 0 Å². The van der Waals surface area contributed by atoms with E-state index >= 15 is 0 Å². The van der Waals surface area contributed by atoms with Gasteiger partial charge in [-0.05, 0) is 38.1 Å². The van der Waals surface area contributed by atoms with Gasteiger partial charge in [0, 0.05) is 11.6 Å². The van der Waals surface area contributed by atoms with E-state index in [-0.39, 0.29) is 41.1 Å². The molecule has 0 unspecified atom stereocenters. The van der Waals surface area contributed by atoms with Gasteiger partial charge >= 0.3 is 0 Å². The molecule has 1 aromatic carbocycles. The van der Waals surface area contributed by atoms with Crippen molar-refractivity contribution in [3.63, 3.8) is 0 Å².